The molecule has 0 aliphatic carbocycles. The average Bonchev–Trinajstić information content (AvgIpc) is 3.27. The van der Waals surface area contributed by atoms with E-state index in [4.69, 9.17) is 4.74 Å². The Morgan fingerprint density at radius 3 is 2.85 bits per heavy atom. The van der Waals surface area contributed by atoms with Crippen LogP contribution < -0.4 is 5.32 Å². The maximum atomic E-state index is 13.2. The number of amides is 3. The Balaban J connectivity index is 1.55. The van der Waals surface area contributed by atoms with Crippen LogP contribution in [0.3, 0.4) is 0 Å². The van der Waals surface area contributed by atoms with E-state index in [9.17, 15) is 14.4 Å². The molecule has 142 valence electrons. The molecule has 3 amide bonds. The molecule has 0 aromatic carbocycles. The van der Waals surface area contributed by atoms with Gasteiger partial charge in [0.25, 0.3) is 0 Å². The van der Waals surface area contributed by atoms with Gasteiger partial charge in [-0.05, 0) is 5.92 Å². The highest BCUT2D eigenvalue weighted by Crippen LogP contribution is 2.52. The molecule has 7 heteroatoms. The Morgan fingerprint density at radius 1 is 1.38 bits per heavy atom. The van der Waals surface area contributed by atoms with Gasteiger partial charge < -0.3 is 19.9 Å². The molecule has 1 N–H and O–H groups in total. The molecule has 4 atom stereocenters. The Labute approximate surface area is 153 Å². The Hall–Kier alpha value is -1.89. The normalized spacial score (nSPS) is 35.4. The van der Waals surface area contributed by atoms with Gasteiger partial charge in [-0.25, -0.2) is 0 Å². The summed E-state index contributed by atoms with van der Waals surface area (Å²) in [7, 11) is 0. The molecule has 26 heavy (non-hydrogen) atoms. The number of rotatable bonds is 5. The lowest BCUT2D eigenvalue weighted by atomic mass is 9.76. The van der Waals surface area contributed by atoms with E-state index in [-0.39, 0.29) is 30.4 Å². The molecule has 4 aliphatic heterocycles. The fourth-order valence-corrected chi connectivity index (χ4v) is 4.91. The molecule has 0 unspecified atom stereocenters. The molecule has 0 radical (unpaired) electrons. The van der Waals surface area contributed by atoms with Crippen molar-refractivity contribution in [3.63, 3.8) is 0 Å². The summed E-state index contributed by atoms with van der Waals surface area (Å²) in [6.45, 7) is 6.56. The van der Waals surface area contributed by atoms with E-state index in [2.05, 4.69) is 19.2 Å². The van der Waals surface area contributed by atoms with E-state index in [1.807, 2.05) is 17.1 Å². The Bertz CT molecular complexity index is 659. The molecular weight excluding hydrogens is 334 g/mol. The Morgan fingerprint density at radius 2 is 2.15 bits per heavy atom. The number of nitrogens with zero attached hydrogens (tertiary/aromatic N) is 2. The van der Waals surface area contributed by atoms with Gasteiger partial charge in [-0.1, -0.05) is 38.8 Å². The minimum atomic E-state index is -0.661. The van der Waals surface area contributed by atoms with Crippen molar-refractivity contribution in [1.29, 1.82) is 0 Å². The summed E-state index contributed by atoms with van der Waals surface area (Å²) in [5, 5.41) is 2.73. The lowest BCUT2D eigenvalue weighted by molar-refractivity contribution is -0.146. The SMILES string of the molecule is CCC(CC)CN1C[C@]23C=C[C@H](O2)[C@@H](C(=O)N2CCNC(=O)C2)[C@H]3C1=O. The molecule has 4 heterocycles. The number of hydrogen-bond donors (Lipinski definition) is 1. The molecule has 0 saturated carbocycles. The largest absolute Gasteiger partial charge is 0.360 e. The van der Waals surface area contributed by atoms with Gasteiger partial charge in [-0.3, -0.25) is 14.4 Å². The standard InChI is InChI=1S/C19H27N3O4/c1-3-12(4-2)9-22-11-19-6-5-13(26-19)15(16(19)18(22)25)17(24)21-8-7-20-14(23)10-21/h5-6,12-13,15-16H,3-4,7-11H2,1-2H3,(H,20,23)/t13-,15+,16-,19-/m0/s1. The molecule has 4 aliphatic rings. The van der Waals surface area contributed by atoms with Crippen LogP contribution in [-0.2, 0) is 19.1 Å². The van der Waals surface area contributed by atoms with Crippen LogP contribution in [0.25, 0.3) is 0 Å². The summed E-state index contributed by atoms with van der Waals surface area (Å²) in [6.07, 6.45) is 5.62. The highest BCUT2D eigenvalue weighted by Gasteiger charge is 2.67. The first-order chi connectivity index (χ1) is 12.5. The first kappa shape index (κ1) is 17.5. The van der Waals surface area contributed by atoms with Crippen LogP contribution in [0.1, 0.15) is 26.7 Å². The quantitative estimate of drug-likeness (QED) is 0.708. The van der Waals surface area contributed by atoms with E-state index in [1.54, 1.807) is 4.90 Å². The molecule has 7 nitrogen and oxygen atoms in total. The minimum Gasteiger partial charge on any atom is -0.360 e. The van der Waals surface area contributed by atoms with Crippen molar-refractivity contribution >= 4 is 17.7 Å². The van der Waals surface area contributed by atoms with E-state index in [0.717, 1.165) is 19.4 Å². The summed E-state index contributed by atoms with van der Waals surface area (Å²) in [4.78, 5) is 41.4. The van der Waals surface area contributed by atoms with Crippen LogP contribution in [0.4, 0.5) is 0 Å². The highest BCUT2D eigenvalue weighted by molar-refractivity contribution is 5.94. The zero-order valence-electron chi connectivity index (χ0n) is 15.4. The number of likely N-dealkylation sites (tertiary alicyclic amines) is 1. The van der Waals surface area contributed by atoms with E-state index in [0.29, 0.717) is 25.6 Å². The van der Waals surface area contributed by atoms with Gasteiger partial charge in [0.05, 0.1) is 31.0 Å². The van der Waals surface area contributed by atoms with Crippen LogP contribution in [0.15, 0.2) is 12.2 Å². The fourth-order valence-electron chi connectivity index (χ4n) is 4.91. The summed E-state index contributed by atoms with van der Waals surface area (Å²) in [5.74, 6) is -0.737. The zero-order valence-corrected chi connectivity index (χ0v) is 15.4. The van der Waals surface area contributed by atoms with E-state index in [1.165, 1.54) is 0 Å². The maximum Gasteiger partial charge on any atom is 0.239 e. The average molecular weight is 361 g/mol. The smallest absolute Gasteiger partial charge is 0.239 e. The second kappa shape index (κ2) is 6.37. The molecule has 2 bridgehead atoms. The first-order valence-corrected chi connectivity index (χ1v) is 9.70. The number of piperazine rings is 1. The van der Waals surface area contributed by atoms with Crippen LogP contribution >= 0.6 is 0 Å². The predicted octanol–water partition coefficient (Wildman–Crippen LogP) is 0.163. The minimum absolute atomic E-state index is 0.0311. The highest BCUT2D eigenvalue weighted by atomic mass is 16.5. The lowest BCUT2D eigenvalue weighted by Crippen LogP contribution is -2.54. The second-order valence-electron chi connectivity index (χ2n) is 7.91. The summed E-state index contributed by atoms with van der Waals surface area (Å²) < 4.78 is 6.16. The third-order valence-electron chi connectivity index (χ3n) is 6.45. The zero-order chi connectivity index (χ0) is 18.5. The van der Waals surface area contributed by atoms with Gasteiger partial charge in [-0.15, -0.1) is 0 Å². The maximum absolute atomic E-state index is 13.2. The van der Waals surface area contributed by atoms with Gasteiger partial charge in [-0.2, -0.15) is 0 Å². The van der Waals surface area contributed by atoms with E-state index >= 15 is 0 Å². The molecule has 0 aromatic rings. The number of fused-ring (bicyclic) bond motifs is 1. The monoisotopic (exact) mass is 361 g/mol. The first-order valence-electron chi connectivity index (χ1n) is 9.70. The van der Waals surface area contributed by atoms with Crippen LogP contribution in [-0.4, -0.2) is 72.0 Å². The van der Waals surface area contributed by atoms with E-state index < -0.39 is 17.4 Å². The van der Waals surface area contributed by atoms with Crippen molar-refractivity contribution in [2.45, 2.75) is 38.4 Å². The van der Waals surface area contributed by atoms with Crippen molar-refractivity contribution in [3.8, 4) is 0 Å². The van der Waals surface area contributed by atoms with Gasteiger partial charge in [0.2, 0.25) is 17.7 Å². The van der Waals surface area contributed by atoms with Crippen molar-refractivity contribution in [2.24, 2.45) is 17.8 Å². The molecular formula is C19H27N3O4. The number of ether oxygens (including phenoxy) is 1. The van der Waals surface area contributed by atoms with Crippen LogP contribution in [0.2, 0.25) is 0 Å². The molecule has 1 spiro atoms. The number of hydrogen-bond acceptors (Lipinski definition) is 4. The third-order valence-corrected chi connectivity index (χ3v) is 6.45. The van der Waals surface area contributed by atoms with Crippen molar-refractivity contribution < 1.29 is 19.1 Å². The summed E-state index contributed by atoms with van der Waals surface area (Å²) in [5.41, 5.74) is -0.661. The Kier molecular flexibility index (Phi) is 4.29. The predicted molar refractivity (Wildman–Crippen MR) is 94.0 cm³/mol. The number of carbonyl (C=O) groups excluding carboxylic acids is 3. The fraction of sp³-hybridized carbons (Fsp3) is 0.737. The summed E-state index contributed by atoms with van der Waals surface area (Å²) >= 11 is 0. The summed E-state index contributed by atoms with van der Waals surface area (Å²) in [6, 6.07) is 0. The van der Waals surface area contributed by atoms with Crippen LogP contribution in [0, 0.1) is 17.8 Å². The number of carbonyl (C=O) groups is 3. The van der Waals surface area contributed by atoms with Crippen molar-refractivity contribution in [3.05, 3.63) is 12.2 Å². The molecule has 3 fully saturated rings. The van der Waals surface area contributed by atoms with Crippen molar-refractivity contribution in [1.82, 2.24) is 15.1 Å². The molecule has 3 saturated heterocycles. The van der Waals surface area contributed by atoms with Gasteiger partial charge in [0.15, 0.2) is 0 Å². The van der Waals surface area contributed by atoms with Crippen LogP contribution in [0.5, 0.6) is 0 Å². The third kappa shape index (κ3) is 2.55. The van der Waals surface area contributed by atoms with Gasteiger partial charge >= 0.3 is 0 Å². The van der Waals surface area contributed by atoms with Crippen molar-refractivity contribution in [2.75, 3.05) is 32.7 Å². The lowest BCUT2D eigenvalue weighted by Gasteiger charge is -2.32. The molecule has 4 rings (SSSR count). The van der Waals surface area contributed by atoms with Gasteiger partial charge in [0.1, 0.15) is 5.60 Å². The van der Waals surface area contributed by atoms with Gasteiger partial charge in [0, 0.05) is 19.6 Å². The topological polar surface area (TPSA) is 79.0 Å². The molecule has 0 aromatic heterocycles. The second-order valence-corrected chi connectivity index (χ2v) is 7.91. The number of nitrogens with one attached hydrogen (secondary N) is 1.